The molecule has 0 radical (unpaired) electrons. The third-order valence-electron chi connectivity index (χ3n) is 7.59. The summed E-state index contributed by atoms with van der Waals surface area (Å²) in [5, 5.41) is 15.4. The normalized spacial score (nSPS) is 14.7. The van der Waals surface area contributed by atoms with Crippen LogP contribution in [0.5, 0.6) is 0 Å². The molecule has 3 aromatic carbocycles. The number of carbonyl (C=O) groups is 3. The van der Waals surface area contributed by atoms with Crippen LogP contribution in [-0.4, -0.2) is 51.5 Å². The van der Waals surface area contributed by atoms with Gasteiger partial charge in [-0.1, -0.05) is 42.5 Å². The number of ether oxygens (including phenoxy) is 3. The van der Waals surface area contributed by atoms with Crippen LogP contribution in [0.25, 0.3) is 33.5 Å². The highest BCUT2D eigenvalue weighted by atomic mass is 19.1. The van der Waals surface area contributed by atoms with Crippen molar-refractivity contribution in [3.63, 3.8) is 0 Å². The van der Waals surface area contributed by atoms with Crippen LogP contribution >= 0.6 is 0 Å². The first-order valence-corrected chi connectivity index (χ1v) is 14.3. The summed E-state index contributed by atoms with van der Waals surface area (Å²) in [5.74, 6) is -3.38. The Hall–Kier alpha value is -5.42. The smallest absolute Gasteiger partial charge is 0.340 e. The van der Waals surface area contributed by atoms with E-state index in [9.17, 15) is 23.9 Å². The topological polar surface area (TPSA) is 130 Å². The van der Waals surface area contributed by atoms with Crippen LogP contribution in [0.1, 0.15) is 62.1 Å². The quantitative estimate of drug-likeness (QED) is 0.197. The lowest BCUT2D eigenvalue weighted by atomic mass is 10.0. The molecule has 1 saturated heterocycles. The van der Waals surface area contributed by atoms with Crippen molar-refractivity contribution in [2.24, 2.45) is 0 Å². The van der Waals surface area contributed by atoms with Crippen LogP contribution in [0.15, 0.2) is 78.9 Å². The Balaban J connectivity index is 1.43. The molecule has 1 fully saturated rings. The first-order chi connectivity index (χ1) is 21.8. The highest BCUT2D eigenvalue weighted by Gasteiger charge is 2.28. The molecule has 0 aliphatic carbocycles. The van der Waals surface area contributed by atoms with Gasteiger partial charge in [-0.2, -0.15) is 5.10 Å². The molecule has 1 N–H and O–H groups in total. The number of esters is 2. The van der Waals surface area contributed by atoms with Crippen molar-refractivity contribution in [2.45, 2.75) is 32.1 Å². The molecule has 45 heavy (non-hydrogen) atoms. The molecule has 0 spiro atoms. The molecule has 5 aromatic rings. The lowest BCUT2D eigenvalue weighted by Gasteiger charge is -2.23. The van der Waals surface area contributed by atoms with E-state index in [1.165, 1.54) is 18.2 Å². The van der Waals surface area contributed by atoms with E-state index in [0.29, 0.717) is 35.4 Å². The number of pyridine rings is 1. The van der Waals surface area contributed by atoms with Gasteiger partial charge in [0.05, 0.1) is 34.9 Å². The van der Waals surface area contributed by atoms with Crippen molar-refractivity contribution in [2.75, 3.05) is 13.7 Å². The van der Waals surface area contributed by atoms with E-state index in [4.69, 9.17) is 24.3 Å². The van der Waals surface area contributed by atoms with Crippen molar-refractivity contribution in [1.29, 1.82) is 0 Å². The van der Waals surface area contributed by atoms with E-state index in [0.717, 1.165) is 31.6 Å². The highest BCUT2D eigenvalue weighted by Crippen LogP contribution is 2.36. The number of aromatic carboxylic acids is 1. The molecule has 0 bridgehead atoms. The number of methoxy groups -OCH3 is 1. The fourth-order valence-corrected chi connectivity index (χ4v) is 5.29. The fourth-order valence-electron chi connectivity index (χ4n) is 5.29. The van der Waals surface area contributed by atoms with Crippen molar-refractivity contribution < 1.29 is 38.1 Å². The zero-order chi connectivity index (χ0) is 31.5. The highest BCUT2D eigenvalue weighted by molar-refractivity contribution is 6.08. The Morgan fingerprint density at radius 2 is 1.71 bits per heavy atom. The number of hydrogen-bond donors (Lipinski definition) is 1. The Labute approximate surface area is 257 Å². The number of nitrogens with zero attached hydrogens (tertiary/aromatic N) is 3. The van der Waals surface area contributed by atoms with Crippen molar-refractivity contribution >= 4 is 28.9 Å². The average Bonchev–Trinajstić information content (AvgIpc) is 3.47. The molecule has 1 aliphatic rings. The molecule has 6 rings (SSSR count). The number of carbonyl (C=O) groups excluding carboxylic acids is 2. The number of fused-ring (bicyclic) bond motifs is 1. The number of carboxylic acid groups (broad SMARTS) is 1. The van der Waals surface area contributed by atoms with Gasteiger partial charge in [0, 0.05) is 17.7 Å². The van der Waals surface area contributed by atoms with Crippen LogP contribution in [0.2, 0.25) is 0 Å². The molecule has 228 valence electrons. The van der Waals surface area contributed by atoms with Gasteiger partial charge in [0.2, 0.25) is 0 Å². The third-order valence-corrected chi connectivity index (χ3v) is 7.59. The number of benzene rings is 3. The van der Waals surface area contributed by atoms with Gasteiger partial charge in [0.15, 0.2) is 11.9 Å². The number of aromatic nitrogens is 3. The van der Waals surface area contributed by atoms with Gasteiger partial charge in [-0.05, 0) is 61.2 Å². The summed E-state index contributed by atoms with van der Waals surface area (Å²) in [6.07, 6.45) is 1.91. The number of halogens is 1. The molecule has 10 nitrogen and oxygen atoms in total. The summed E-state index contributed by atoms with van der Waals surface area (Å²) in [6.45, 7) is 0.635. The van der Waals surface area contributed by atoms with Crippen LogP contribution in [0.3, 0.4) is 0 Å². The zero-order valence-corrected chi connectivity index (χ0v) is 24.2. The second-order valence-corrected chi connectivity index (χ2v) is 10.5. The van der Waals surface area contributed by atoms with Crippen molar-refractivity contribution in [1.82, 2.24) is 14.8 Å². The molecule has 11 heteroatoms. The molecule has 0 saturated carbocycles. The Morgan fingerprint density at radius 1 is 0.956 bits per heavy atom. The molecule has 2 aromatic heterocycles. The fraction of sp³-hybridized carbons (Fsp3) is 0.206. The van der Waals surface area contributed by atoms with E-state index in [-0.39, 0.29) is 34.5 Å². The second-order valence-electron chi connectivity index (χ2n) is 10.5. The summed E-state index contributed by atoms with van der Waals surface area (Å²) >= 11 is 0. The number of hydrogen-bond acceptors (Lipinski definition) is 8. The predicted octanol–water partition coefficient (Wildman–Crippen LogP) is 6.45. The van der Waals surface area contributed by atoms with E-state index < -0.39 is 30.0 Å². The summed E-state index contributed by atoms with van der Waals surface area (Å²) in [6, 6.07) is 21.0. The number of rotatable bonds is 8. The van der Waals surface area contributed by atoms with Gasteiger partial charge in [-0.25, -0.2) is 28.4 Å². The van der Waals surface area contributed by atoms with Crippen molar-refractivity contribution in [3.8, 4) is 22.5 Å². The van der Waals surface area contributed by atoms with Crippen LogP contribution in [-0.2, 0) is 20.8 Å². The summed E-state index contributed by atoms with van der Waals surface area (Å²) in [5.41, 5.74) is 2.45. The predicted molar refractivity (Wildman–Crippen MR) is 161 cm³/mol. The molecular formula is C34H28FN3O7. The molecule has 0 amide bonds. The lowest BCUT2D eigenvalue weighted by molar-refractivity contribution is -0.0368. The van der Waals surface area contributed by atoms with Gasteiger partial charge in [-0.15, -0.1) is 0 Å². The molecular weight excluding hydrogens is 581 g/mol. The van der Waals surface area contributed by atoms with E-state index in [2.05, 4.69) is 0 Å². The van der Waals surface area contributed by atoms with Crippen LogP contribution in [0, 0.1) is 5.82 Å². The van der Waals surface area contributed by atoms with E-state index in [1.807, 2.05) is 30.3 Å². The summed E-state index contributed by atoms with van der Waals surface area (Å²) in [4.78, 5) is 42.3. The third kappa shape index (κ3) is 6.02. The zero-order valence-electron chi connectivity index (χ0n) is 24.2. The molecule has 3 heterocycles. The summed E-state index contributed by atoms with van der Waals surface area (Å²) in [7, 11) is 1.14. The second kappa shape index (κ2) is 12.7. The number of carboxylic acids is 1. The maximum Gasteiger partial charge on any atom is 0.340 e. The molecule has 1 unspecified atom stereocenters. The maximum atomic E-state index is 14.4. The average molecular weight is 610 g/mol. The standard InChI is InChI=1S/C34H28FN3O7/c1-43-34(42)24-17-23(14-15-26(24)35)27-18-25(32(39)40)29-30(37-38(31(29)36-27)28-9-5-6-16-44-28)21-10-12-22(13-11-21)33(41)45-19-20-7-3-2-4-8-20/h2-4,7-8,10-15,17-18,28H,5-6,9,16,19H2,1H3,(H,39,40). The van der Waals surface area contributed by atoms with Gasteiger partial charge in [-0.3, -0.25) is 0 Å². The van der Waals surface area contributed by atoms with E-state index >= 15 is 0 Å². The first-order valence-electron chi connectivity index (χ1n) is 14.3. The van der Waals surface area contributed by atoms with Gasteiger partial charge >= 0.3 is 17.9 Å². The Kier molecular flexibility index (Phi) is 8.35. The minimum atomic E-state index is -1.23. The Morgan fingerprint density at radius 3 is 2.40 bits per heavy atom. The molecule has 1 aliphatic heterocycles. The van der Waals surface area contributed by atoms with Crippen LogP contribution < -0.4 is 0 Å². The SMILES string of the molecule is COC(=O)c1cc(-c2cc(C(=O)O)c3c(-c4ccc(C(=O)OCc5ccccc5)cc4)nn(C4CCCCO4)c3n2)ccc1F. The summed E-state index contributed by atoms with van der Waals surface area (Å²) < 4.78 is 32.1. The van der Waals surface area contributed by atoms with E-state index in [1.54, 1.807) is 28.9 Å². The minimum absolute atomic E-state index is 0.0950. The molecule has 1 atom stereocenters. The van der Waals surface area contributed by atoms with Gasteiger partial charge in [0.25, 0.3) is 0 Å². The van der Waals surface area contributed by atoms with Gasteiger partial charge in [0.1, 0.15) is 18.1 Å². The van der Waals surface area contributed by atoms with Crippen LogP contribution in [0.4, 0.5) is 4.39 Å². The largest absolute Gasteiger partial charge is 0.478 e. The lowest BCUT2D eigenvalue weighted by Crippen LogP contribution is -2.19. The van der Waals surface area contributed by atoms with Crippen molar-refractivity contribution in [3.05, 3.63) is 107 Å². The Bertz CT molecular complexity index is 1900. The minimum Gasteiger partial charge on any atom is -0.478 e. The van der Waals surface area contributed by atoms with Gasteiger partial charge < -0.3 is 19.3 Å². The first kappa shape index (κ1) is 29.6. The monoisotopic (exact) mass is 609 g/mol. The maximum absolute atomic E-state index is 14.4.